The molecule has 3 heterocycles. The highest BCUT2D eigenvalue weighted by Gasteiger charge is 2.34. The normalized spacial score (nSPS) is 11.9. The van der Waals surface area contributed by atoms with Crippen molar-refractivity contribution in [3.05, 3.63) is 39.8 Å². The number of thiazole rings is 1. The fraction of sp³-hybridized carbons (Fsp3) is 0.214. The average Bonchev–Trinajstić information content (AvgIpc) is 3.05. The minimum atomic E-state index is -4.45. The summed E-state index contributed by atoms with van der Waals surface area (Å²) in [4.78, 5) is 14.1. The van der Waals surface area contributed by atoms with Gasteiger partial charge in [-0.05, 0) is 31.5 Å². The maximum Gasteiger partial charge on any atom is 0.434 e. The molecule has 0 atom stereocenters. The van der Waals surface area contributed by atoms with E-state index in [1.165, 1.54) is 0 Å². The third-order valence-electron chi connectivity index (χ3n) is 2.92. The minimum absolute atomic E-state index is 0.167. The van der Waals surface area contributed by atoms with E-state index in [1.807, 2.05) is 19.9 Å². The Labute approximate surface area is 132 Å². The minimum Gasteiger partial charge on any atom is -0.234 e. The van der Waals surface area contributed by atoms with Gasteiger partial charge in [0, 0.05) is 16.5 Å². The van der Waals surface area contributed by atoms with Crippen LogP contribution in [-0.4, -0.2) is 15.0 Å². The lowest BCUT2D eigenvalue weighted by atomic mass is 10.2. The molecule has 0 bridgehead atoms. The summed E-state index contributed by atoms with van der Waals surface area (Å²) in [5, 5.41) is 1.14. The van der Waals surface area contributed by atoms with Crippen LogP contribution in [0.4, 0.5) is 13.2 Å². The van der Waals surface area contributed by atoms with Crippen LogP contribution in [-0.2, 0) is 6.18 Å². The highest BCUT2D eigenvalue weighted by molar-refractivity contribution is 7.15. The molecule has 0 spiro atoms. The number of hydrogen-bond donors (Lipinski definition) is 0. The Bertz CT molecular complexity index is 821. The molecule has 0 unspecified atom stereocenters. The second kappa shape index (κ2) is 5.44. The molecule has 8 heteroatoms. The van der Waals surface area contributed by atoms with Crippen LogP contribution in [0.1, 0.15) is 16.1 Å². The molecule has 0 aromatic carbocycles. The Kier molecular flexibility index (Phi) is 3.73. The summed E-state index contributed by atoms with van der Waals surface area (Å²) in [6.07, 6.45) is -2.91. The molecule has 0 fully saturated rings. The first-order valence-electron chi connectivity index (χ1n) is 6.28. The lowest BCUT2D eigenvalue weighted by Crippen LogP contribution is -2.05. The van der Waals surface area contributed by atoms with E-state index in [0.29, 0.717) is 5.69 Å². The Morgan fingerprint density at radius 2 is 1.91 bits per heavy atom. The van der Waals surface area contributed by atoms with Gasteiger partial charge in [0.05, 0.1) is 10.6 Å². The lowest BCUT2D eigenvalue weighted by Gasteiger charge is -2.02. The second-order valence-electron chi connectivity index (χ2n) is 4.67. The monoisotopic (exact) mass is 341 g/mol. The highest BCUT2D eigenvalue weighted by atomic mass is 32.1. The van der Waals surface area contributed by atoms with E-state index < -0.39 is 11.9 Å². The van der Waals surface area contributed by atoms with Gasteiger partial charge >= 0.3 is 6.18 Å². The second-order valence-corrected chi connectivity index (χ2v) is 6.78. The van der Waals surface area contributed by atoms with Crippen molar-refractivity contribution in [1.29, 1.82) is 0 Å². The van der Waals surface area contributed by atoms with E-state index in [1.54, 1.807) is 23.6 Å². The number of rotatable bonds is 2. The number of halogens is 3. The molecule has 3 aromatic heterocycles. The molecular formula is C14H10F3N3S2. The van der Waals surface area contributed by atoms with Crippen molar-refractivity contribution in [1.82, 2.24) is 15.0 Å². The lowest BCUT2D eigenvalue weighted by molar-refractivity contribution is -0.140. The molecular weight excluding hydrogens is 331 g/mol. The number of nitrogens with zero attached hydrogens (tertiary/aromatic N) is 3. The largest absolute Gasteiger partial charge is 0.434 e. The van der Waals surface area contributed by atoms with Crippen molar-refractivity contribution in [2.45, 2.75) is 20.0 Å². The third kappa shape index (κ3) is 2.89. The van der Waals surface area contributed by atoms with E-state index in [0.717, 1.165) is 32.0 Å². The molecule has 3 aromatic rings. The molecule has 0 aliphatic rings. The number of aryl methyl sites for hydroxylation is 2. The summed E-state index contributed by atoms with van der Waals surface area (Å²) in [5.74, 6) is 0.212. The Morgan fingerprint density at radius 3 is 2.50 bits per heavy atom. The summed E-state index contributed by atoms with van der Waals surface area (Å²) in [7, 11) is 0. The standard InChI is InChI=1S/C14H10F3N3S2/c1-7-5-8(2)22-11(7)9-3-4-18-12(19-9)13-20-10(6-21-13)14(15,16)17/h3-6H,1-2H3. The SMILES string of the molecule is Cc1cc(C)c(-c2ccnc(-c3nc(C(F)(F)F)cs3)n2)s1. The molecule has 0 aliphatic carbocycles. The van der Waals surface area contributed by atoms with Crippen LogP contribution in [0, 0.1) is 13.8 Å². The molecule has 0 saturated heterocycles. The van der Waals surface area contributed by atoms with Crippen LogP contribution >= 0.6 is 22.7 Å². The summed E-state index contributed by atoms with van der Waals surface area (Å²) in [5.41, 5.74) is 0.872. The quantitative estimate of drug-likeness (QED) is 0.661. The maximum atomic E-state index is 12.6. The van der Waals surface area contributed by atoms with Crippen molar-refractivity contribution in [2.75, 3.05) is 0 Å². The van der Waals surface area contributed by atoms with Gasteiger partial charge in [-0.15, -0.1) is 22.7 Å². The van der Waals surface area contributed by atoms with Crippen LogP contribution < -0.4 is 0 Å². The number of hydrogen-bond acceptors (Lipinski definition) is 5. The Hall–Kier alpha value is -1.80. The van der Waals surface area contributed by atoms with Gasteiger partial charge in [0.2, 0.25) is 0 Å². The van der Waals surface area contributed by atoms with Crippen molar-refractivity contribution < 1.29 is 13.2 Å². The smallest absolute Gasteiger partial charge is 0.234 e. The van der Waals surface area contributed by atoms with Crippen LogP contribution in [0.25, 0.3) is 21.4 Å². The van der Waals surface area contributed by atoms with Gasteiger partial charge in [0.15, 0.2) is 16.5 Å². The van der Waals surface area contributed by atoms with E-state index in [9.17, 15) is 13.2 Å². The highest BCUT2D eigenvalue weighted by Crippen LogP contribution is 2.34. The number of aromatic nitrogens is 3. The van der Waals surface area contributed by atoms with Gasteiger partial charge in [-0.25, -0.2) is 15.0 Å². The fourth-order valence-electron chi connectivity index (χ4n) is 1.99. The van der Waals surface area contributed by atoms with Crippen LogP contribution in [0.5, 0.6) is 0 Å². The van der Waals surface area contributed by atoms with E-state index in [2.05, 4.69) is 15.0 Å². The van der Waals surface area contributed by atoms with Crippen LogP contribution in [0.3, 0.4) is 0 Å². The molecule has 0 saturated carbocycles. The zero-order chi connectivity index (χ0) is 15.9. The predicted octanol–water partition coefficient (Wildman–Crippen LogP) is 4.96. The number of thiophene rings is 1. The van der Waals surface area contributed by atoms with Crippen molar-refractivity contribution in [3.8, 4) is 21.4 Å². The summed E-state index contributed by atoms with van der Waals surface area (Å²) in [6, 6.07) is 3.80. The van der Waals surface area contributed by atoms with Crippen LogP contribution in [0.2, 0.25) is 0 Å². The topological polar surface area (TPSA) is 38.7 Å². The molecule has 0 N–H and O–H groups in total. The third-order valence-corrected chi connectivity index (χ3v) is 4.93. The fourth-order valence-corrected chi connectivity index (χ4v) is 3.75. The van der Waals surface area contributed by atoms with Crippen molar-refractivity contribution >= 4 is 22.7 Å². The van der Waals surface area contributed by atoms with Gasteiger partial charge in [-0.3, -0.25) is 0 Å². The summed E-state index contributed by atoms with van der Waals surface area (Å²) < 4.78 is 37.9. The van der Waals surface area contributed by atoms with E-state index in [4.69, 9.17) is 0 Å². The summed E-state index contributed by atoms with van der Waals surface area (Å²) >= 11 is 2.48. The van der Waals surface area contributed by atoms with Gasteiger partial charge in [-0.2, -0.15) is 13.2 Å². The molecule has 0 radical (unpaired) electrons. The molecule has 22 heavy (non-hydrogen) atoms. The van der Waals surface area contributed by atoms with Gasteiger partial charge in [0.1, 0.15) is 0 Å². The van der Waals surface area contributed by atoms with E-state index >= 15 is 0 Å². The molecule has 3 rings (SSSR count). The van der Waals surface area contributed by atoms with Crippen molar-refractivity contribution in [3.63, 3.8) is 0 Å². The molecule has 114 valence electrons. The zero-order valence-corrected chi connectivity index (χ0v) is 13.2. The van der Waals surface area contributed by atoms with Gasteiger partial charge in [-0.1, -0.05) is 0 Å². The van der Waals surface area contributed by atoms with Gasteiger partial charge < -0.3 is 0 Å². The zero-order valence-electron chi connectivity index (χ0n) is 11.6. The average molecular weight is 341 g/mol. The first-order valence-corrected chi connectivity index (χ1v) is 7.98. The molecule has 0 aliphatic heterocycles. The Morgan fingerprint density at radius 1 is 1.14 bits per heavy atom. The van der Waals surface area contributed by atoms with Crippen LogP contribution in [0.15, 0.2) is 23.7 Å². The van der Waals surface area contributed by atoms with Crippen molar-refractivity contribution in [2.24, 2.45) is 0 Å². The Balaban J connectivity index is 2.01. The number of alkyl halides is 3. The molecule has 3 nitrogen and oxygen atoms in total. The summed E-state index contributed by atoms with van der Waals surface area (Å²) in [6.45, 7) is 3.98. The first kappa shape index (κ1) is 15.1. The molecule has 0 amide bonds. The van der Waals surface area contributed by atoms with E-state index in [-0.39, 0.29) is 10.8 Å². The predicted molar refractivity (Wildman–Crippen MR) is 80.9 cm³/mol. The first-order chi connectivity index (χ1) is 10.3. The maximum absolute atomic E-state index is 12.6. The van der Waals surface area contributed by atoms with Gasteiger partial charge in [0.25, 0.3) is 0 Å².